The van der Waals surface area contributed by atoms with E-state index in [4.69, 9.17) is 14.2 Å². The minimum atomic E-state index is -0.523. The molecule has 9 heteroatoms. The minimum absolute atomic E-state index is 0.0451. The third-order valence-corrected chi connectivity index (χ3v) is 6.09. The molecular formula is C25H31N3O6. The van der Waals surface area contributed by atoms with Crippen molar-refractivity contribution in [1.82, 2.24) is 5.32 Å². The van der Waals surface area contributed by atoms with Gasteiger partial charge in [0.25, 0.3) is 0 Å². The summed E-state index contributed by atoms with van der Waals surface area (Å²) in [5, 5.41) is 18.4. The SMILES string of the molecule is CCCNC(=O)C[C@H]1C[C@H]2c3cc(NC(=O)Nc4ccc(OC)cc4)ccc3O[C@H]2[C@H](CO)O1. The van der Waals surface area contributed by atoms with E-state index in [0.717, 1.165) is 12.0 Å². The number of anilines is 2. The van der Waals surface area contributed by atoms with Gasteiger partial charge in [-0.1, -0.05) is 6.92 Å². The highest BCUT2D eigenvalue weighted by Gasteiger charge is 2.46. The average Bonchev–Trinajstić information content (AvgIpc) is 3.20. The van der Waals surface area contributed by atoms with Crippen LogP contribution in [0, 0.1) is 0 Å². The van der Waals surface area contributed by atoms with E-state index >= 15 is 0 Å². The quantitative estimate of drug-likeness (QED) is 0.471. The van der Waals surface area contributed by atoms with Crippen molar-refractivity contribution in [2.45, 2.75) is 50.4 Å². The van der Waals surface area contributed by atoms with Crippen molar-refractivity contribution in [3.05, 3.63) is 48.0 Å². The molecule has 0 spiro atoms. The molecule has 0 bridgehead atoms. The van der Waals surface area contributed by atoms with Gasteiger partial charge >= 0.3 is 6.03 Å². The highest BCUT2D eigenvalue weighted by atomic mass is 16.6. The van der Waals surface area contributed by atoms with Crippen LogP contribution in [0.25, 0.3) is 0 Å². The number of hydrogen-bond acceptors (Lipinski definition) is 6. The molecule has 2 aliphatic heterocycles. The van der Waals surface area contributed by atoms with Gasteiger partial charge in [-0.25, -0.2) is 4.79 Å². The molecule has 182 valence electrons. The number of nitrogens with one attached hydrogen (secondary N) is 3. The molecule has 9 nitrogen and oxygen atoms in total. The van der Waals surface area contributed by atoms with Crippen LogP contribution in [0.4, 0.5) is 16.2 Å². The Hall–Kier alpha value is -3.30. The Morgan fingerprint density at radius 3 is 2.56 bits per heavy atom. The number of rotatable bonds is 8. The van der Waals surface area contributed by atoms with Crippen LogP contribution in [0.15, 0.2) is 42.5 Å². The molecule has 2 aliphatic rings. The molecule has 2 aromatic rings. The standard InChI is InChI=1S/C25H31N3O6/c1-3-10-26-23(30)13-18-12-20-19-11-16(6-9-21(19)34-24(20)22(14-29)33-18)28-25(31)27-15-4-7-17(32-2)8-5-15/h4-9,11,18,20,22,24,29H,3,10,12-14H2,1-2H3,(H,26,30)(H2,27,28,31)/t18-,20+,22+,24-/m1/s1. The van der Waals surface area contributed by atoms with Gasteiger partial charge in [0.2, 0.25) is 5.91 Å². The zero-order valence-corrected chi connectivity index (χ0v) is 19.4. The first-order chi connectivity index (χ1) is 16.5. The molecule has 4 atom stereocenters. The number of methoxy groups -OCH3 is 1. The Morgan fingerprint density at radius 2 is 1.85 bits per heavy atom. The fraction of sp³-hybridized carbons (Fsp3) is 0.440. The molecule has 0 radical (unpaired) electrons. The highest BCUT2D eigenvalue weighted by molar-refractivity contribution is 5.99. The van der Waals surface area contributed by atoms with Gasteiger partial charge in [-0.05, 0) is 55.3 Å². The molecule has 0 aliphatic carbocycles. The molecule has 1 fully saturated rings. The van der Waals surface area contributed by atoms with Gasteiger partial charge < -0.3 is 35.3 Å². The van der Waals surface area contributed by atoms with Crippen molar-refractivity contribution in [2.75, 3.05) is 30.9 Å². The van der Waals surface area contributed by atoms with Gasteiger partial charge in [0.05, 0.1) is 26.2 Å². The lowest BCUT2D eigenvalue weighted by Gasteiger charge is -2.37. The summed E-state index contributed by atoms with van der Waals surface area (Å²) in [6.07, 6.45) is 0.513. The number of benzene rings is 2. The van der Waals surface area contributed by atoms with Gasteiger partial charge in [0.15, 0.2) is 0 Å². The van der Waals surface area contributed by atoms with Crippen molar-refractivity contribution in [2.24, 2.45) is 0 Å². The number of fused-ring (bicyclic) bond motifs is 3. The molecule has 2 heterocycles. The molecular weight excluding hydrogens is 438 g/mol. The van der Waals surface area contributed by atoms with Crippen molar-refractivity contribution in [3.63, 3.8) is 0 Å². The maximum Gasteiger partial charge on any atom is 0.323 e. The second-order valence-electron chi connectivity index (χ2n) is 8.52. The maximum absolute atomic E-state index is 12.5. The number of hydrogen-bond donors (Lipinski definition) is 4. The van der Waals surface area contributed by atoms with Gasteiger partial charge in [0.1, 0.15) is 23.7 Å². The highest BCUT2D eigenvalue weighted by Crippen LogP contribution is 2.47. The molecule has 0 saturated carbocycles. The van der Waals surface area contributed by atoms with E-state index in [1.54, 1.807) is 37.4 Å². The lowest BCUT2D eigenvalue weighted by molar-refractivity contribution is -0.142. The summed E-state index contributed by atoms with van der Waals surface area (Å²) in [6.45, 7) is 2.43. The second kappa shape index (κ2) is 10.8. The van der Waals surface area contributed by atoms with Crippen LogP contribution in [0.5, 0.6) is 11.5 Å². The lowest BCUT2D eigenvalue weighted by atomic mass is 9.84. The number of ether oxygens (including phenoxy) is 3. The first-order valence-corrected chi connectivity index (χ1v) is 11.6. The molecule has 1 saturated heterocycles. The zero-order chi connectivity index (χ0) is 24.1. The number of carbonyl (C=O) groups is 2. The van der Waals surface area contributed by atoms with Crippen LogP contribution in [-0.2, 0) is 9.53 Å². The van der Waals surface area contributed by atoms with Gasteiger partial charge in [-0.15, -0.1) is 0 Å². The van der Waals surface area contributed by atoms with E-state index in [1.807, 2.05) is 19.1 Å². The number of carbonyl (C=O) groups excluding carboxylic acids is 2. The summed E-state index contributed by atoms with van der Waals surface area (Å²) in [5.74, 6) is 1.30. The van der Waals surface area contributed by atoms with Crippen LogP contribution < -0.4 is 25.4 Å². The van der Waals surface area contributed by atoms with E-state index in [1.165, 1.54) is 0 Å². The molecule has 0 aromatic heterocycles. The fourth-order valence-electron chi connectivity index (χ4n) is 4.48. The minimum Gasteiger partial charge on any atom is -0.497 e. The molecule has 2 aromatic carbocycles. The van der Waals surface area contributed by atoms with Crippen LogP contribution >= 0.6 is 0 Å². The lowest BCUT2D eigenvalue weighted by Crippen LogP contribution is -2.47. The van der Waals surface area contributed by atoms with Gasteiger partial charge in [0, 0.05) is 29.4 Å². The summed E-state index contributed by atoms with van der Waals surface area (Å²) in [7, 11) is 1.59. The van der Waals surface area contributed by atoms with E-state index < -0.39 is 6.10 Å². The Kier molecular flexibility index (Phi) is 7.54. The predicted octanol–water partition coefficient (Wildman–Crippen LogP) is 3.25. The van der Waals surface area contributed by atoms with E-state index in [-0.39, 0.29) is 43.1 Å². The third-order valence-electron chi connectivity index (χ3n) is 6.09. The summed E-state index contributed by atoms with van der Waals surface area (Å²) >= 11 is 0. The van der Waals surface area contributed by atoms with E-state index in [0.29, 0.717) is 35.8 Å². The van der Waals surface area contributed by atoms with Crippen LogP contribution in [0.3, 0.4) is 0 Å². The molecule has 3 amide bonds. The monoisotopic (exact) mass is 469 g/mol. The largest absolute Gasteiger partial charge is 0.497 e. The second-order valence-corrected chi connectivity index (χ2v) is 8.52. The Bertz CT molecular complexity index is 1010. The molecule has 4 N–H and O–H groups in total. The summed E-state index contributed by atoms with van der Waals surface area (Å²) in [4.78, 5) is 24.7. The van der Waals surface area contributed by atoms with Crippen molar-refractivity contribution in [3.8, 4) is 11.5 Å². The topological polar surface area (TPSA) is 118 Å². The molecule has 0 unspecified atom stereocenters. The third kappa shape index (κ3) is 5.43. The first kappa shape index (κ1) is 23.8. The summed E-state index contributed by atoms with van der Waals surface area (Å²) < 4.78 is 17.2. The van der Waals surface area contributed by atoms with Crippen LogP contribution in [0.1, 0.15) is 37.7 Å². The van der Waals surface area contributed by atoms with Gasteiger partial charge in [-0.2, -0.15) is 0 Å². The first-order valence-electron chi connectivity index (χ1n) is 11.6. The van der Waals surface area contributed by atoms with Crippen molar-refractivity contribution >= 4 is 23.3 Å². The Morgan fingerprint density at radius 1 is 1.12 bits per heavy atom. The number of aliphatic hydroxyl groups excluding tert-OH is 1. The zero-order valence-electron chi connectivity index (χ0n) is 19.4. The fourth-order valence-corrected chi connectivity index (χ4v) is 4.48. The summed E-state index contributed by atoms with van der Waals surface area (Å²) in [5.41, 5.74) is 2.20. The normalized spacial score (nSPS) is 22.7. The maximum atomic E-state index is 12.5. The van der Waals surface area contributed by atoms with Gasteiger partial charge in [-0.3, -0.25) is 4.79 Å². The number of aliphatic hydroxyl groups is 1. The average molecular weight is 470 g/mol. The molecule has 4 rings (SSSR count). The van der Waals surface area contributed by atoms with Crippen LogP contribution in [-0.4, -0.2) is 55.6 Å². The Balaban J connectivity index is 1.43. The number of urea groups is 1. The van der Waals surface area contributed by atoms with Crippen LogP contribution in [0.2, 0.25) is 0 Å². The van der Waals surface area contributed by atoms with Crippen molar-refractivity contribution < 1.29 is 28.9 Å². The van der Waals surface area contributed by atoms with Crippen molar-refractivity contribution in [1.29, 1.82) is 0 Å². The van der Waals surface area contributed by atoms with E-state index in [9.17, 15) is 14.7 Å². The summed E-state index contributed by atoms with van der Waals surface area (Å²) in [6, 6.07) is 12.2. The predicted molar refractivity (Wildman–Crippen MR) is 128 cm³/mol. The molecule has 34 heavy (non-hydrogen) atoms. The Labute approximate surface area is 198 Å². The van der Waals surface area contributed by atoms with E-state index in [2.05, 4.69) is 16.0 Å². The number of amides is 3. The smallest absolute Gasteiger partial charge is 0.323 e.